The van der Waals surface area contributed by atoms with E-state index in [1.54, 1.807) is 24.3 Å². The van der Waals surface area contributed by atoms with Crippen molar-refractivity contribution in [2.75, 3.05) is 0 Å². The smallest absolute Gasteiger partial charge is 0.416 e. The van der Waals surface area contributed by atoms with Gasteiger partial charge in [0.05, 0.1) is 11.1 Å². The van der Waals surface area contributed by atoms with Crippen molar-refractivity contribution in [3.8, 4) is 22.5 Å². The Bertz CT molecular complexity index is 1150. The molecule has 0 aliphatic rings. The Labute approximate surface area is 161 Å². The van der Waals surface area contributed by atoms with Crippen molar-refractivity contribution in [2.24, 2.45) is 0 Å². The van der Waals surface area contributed by atoms with E-state index in [0.29, 0.717) is 33.4 Å². The van der Waals surface area contributed by atoms with Crippen LogP contribution in [0.2, 0.25) is 0 Å². The lowest BCUT2D eigenvalue weighted by Crippen LogP contribution is -2.04. The molecule has 29 heavy (non-hydrogen) atoms. The quantitative estimate of drug-likeness (QED) is 0.310. The summed E-state index contributed by atoms with van der Waals surface area (Å²) in [6, 6.07) is 16.0. The van der Waals surface area contributed by atoms with Crippen molar-refractivity contribution in [1.82, 2.24) is 0 Å². The van der Waals surface area contributed by atoms with Gasteiger partial charge in [0.25, 0.3) is 0 Å². The van der Waals surface area contributed by atoms with Crippen LogP contribution in [0.1, 0.15) is 11.1 Å². The van der Waals surface area contributed by atoms with Gasteiger partial charge in [-0.15, -0.1) is 0 Å². The second kappa shape index (κ2) is 6.69. The minimum absolute atomic E-state index is 0.291. The number of alkyl halides is 6. The molecule has 0 radical (unpaired) electrons. The van der Waals surface area contributed by atoms with Crippen molar-refractivity contribution < 1.29 is 30.8 Å². The Hall–Kier alpha value is -3.22. The molecular formula is C22H12F6O. The third-order valence-corrected chi connectivity index (χ3v) is 4.57. The Balaban J connectivity index is 1.88. The van der Waals surface area contributed by atoms with E-state index in [1.165, 1.54) is 24.3 Å². The molecule has 0 atom stereocenters. The molecule has 0 unspecified atom stereocenters. The number of fused-ring (bicyclic) bond motifs is 1. The maximum Gasteiger partial charge on any atom is 0.416 e. The highest BCUT2D eigenvalue weighted by molar-refractivity contribution is 6.01. The summed E-state index contributed by atoms with van der Waals surface area (Å²) in [5, 5.41) is 0.655. The zero-order chi connectivity index (χ0) is 20.8. The summed E-state index contributed by atoms with van der Waals surface area (Å²) in [5.74, 6) is 0.291. The van der Waals surface area contributed by atoms with Crippen molar-refractivity contribution >= 4 is 11.0 Å². The predicted octanol–water partition coefficient (Wildman–Crippen LogP) is 7.80. The highest BCUT2D eigenvalue weighted by atomic mass is 19.4. The lowest BCUT2D eigenvalue weighted by atomic mass is 9.97. The van der Waals surface area contributed by atoms with Crippen molar-refractivity contribution in [3.63, 3.8) is 0 Å². The van der Waals surface area contributed by atoms with Crippen LogP contribution in [-0.4, -0.2) is 0 Å². The Morgan fingerprint density at radius 1 is 0.552 bits per heavy atom. The van der Waals surface area contributed by atoms with E-state index in [0.717, 1.165) is 24.3 Å². The maximum absolute atomic E-state index is 12.9. The fourth-order valence-corrected chi connectivity index (χ4v) is 3.17. The molecule has 4 rings (SSSR count). The first-order valence-corrected chi connectivity index (χ1v) is 8.51. The summed E-state index contributed by atoms with van der Waals surface area (Å²) in [7, 11) is 0. The van der Waals surface area contributed by atoms with Gasteiger partial charge in [-0.1, -0.05) is 42.5 Å². The summed E-state index contributed by atoms with van der Waals surface area (Å²) >= 11 is 0. The van der Waals surface area contributed by atoms with Crippen LogP contribution in [0.3, 0.4) is 0 Å². The standard InChI is InChI=1S/C22H12F6O/c23-21(24,25)15-9-5-13(6-10-15)19-17-3-1-2-4-18(17)29-20(19)14-7-11-16(12-8-14)22(26,27)28/h1-12H. The number of hydrogen-bond donors (Lipinski definition) is 0. The predicted molar refractivity (Wildman–Crippen MR) is 97.1 cm³/mol. The van der Waals surface area contributed by atoms with E-state index in [2.05, 4.69) is 0 Å². The molecule has 4 aromatic rings. The molecule has 0 saturated heterocycles. The molecule has 0 aliphatic heterocycles. The van der Waals surface area contributed by atoms with Gasteiger partial charge in [0.15, 0.2) is 0 Å². The lowest BCUT2D eigenvalue weighted by molar-refractivity contribution is -0.138. The number of hydrogen-bond acceptors (Lipinski definition) is 1. The average Bonchev–Trinajstić information content (AvgIpc) is 3.06. The molecular weight excluding hydrogens is 394 g/mol. The number of furan rings is 1. The van der Waals surface area contributed by atoms with E-state index >= 15 is 0 Å². The molecule has 1 aromatic heterocycles. The molecule has 0 N–H and O–H groups in total. The van der Waals surface area contributed by atoms with Crippen LogP contribution >= 0.6 is 0 Å². The fraction of sp³-hybridized carbons (Fsp3) is 0.0909. The normalized spacial score (nSPS) is 12.5. The maximum atomic E-state index is 12.9. The molecule has 7 heteroatoms. The van der Waals surface area contributed by atoms with Gasteiger partial charge >= 0.3 is 12.4 Å². The van der Waals surface area contributed by atoms with Crippen LogP contribution in [0.15, 0.2) is 77.2 Å². The summed E-state index contributed by atoms with van der Waals surface area (Å²) in [4.78, 5) is 0. The Morgan fingerprint density at radius 2 is 1.03 bits per heavy atom. The molecule has 0 saturated carbocycles. The highest BCUT2D eigenvalue weighted by Crippen LogP contribution is 2.42. The number of para-hydroxylation sites is 1. The van der Waals surface area contributed by atoms with E-state index in [1.807, 2.05) is 0 Å². The topological polar surface area (TPSA) is 13.1 Å². The van der Waals surface area contributed by atoms with Gasteiger partial charge in [-0.3, -0.25) is 0 Å². The Morgan fingerprint density at radius 3 is 1.55 bits per heavy atom. The van der Waals surface area contributed by atoms with Crippen LogP contribution in [0.25, 0.3) is 33.4 Å². The zero-order valence-electron chi connectivity index (χ0n) is 14.6. The first kappa shape index (κ1) is 19.1. The molecule has 148 valence electrons. The molecule has 1 heterocycles. The van der Waals surface area contributed by atoms with E-state index in [4.69, 9.17) is 4.42 Å². The monoisotopic (exact) mass is 406 g/mol. The van der Waals surface area contributed by atoms with E-state index in [9.17, 15) is 26.3 Å². The van der Waals surface area contributed by atoms with Crippen LogP contribution in [-0.2, 0) is 12.4 Å². The third-order valence-electron chi connectivity index (χ3n) is 4.57. The Kier molecular flexibility index (Phi) is 4.41. The second-order valence-corrected chi connectivity index (χ2v) is 6.45. The van der Waals surface area contributed by atoms with Crippen molar-refractivity contribution in [3.05, 3.63) is 83.9 Å². The molecule has 0 fully saturated rings. The third kappa shape index (κ3) is 3.60. The summed E-state index contributed by atoms with van der Waals surface area (Å²) in [6.07, 6.45) is -8.93. The average molecular weight is 406 g/mol. The SMILES string of the molecule is FC(F)(F)c1ccc(-c2oc3ccccc3c2-c2ccc(C(F)(F)F)cc2)cc1. The largest absolute Gasteiger partial charge is 0.455 e. The van der Waals surface area contributed by atoms with Crippen LogP contribution < -0.4 is 0 Å². The van der Waals surface area contributed by atoms with Crippen molar-refractivity contribution in [2.45, 2.75) is 12.4 Å². The molecule has 3 aromatic carbocycles. The lowest BCUT2D eigenvalue weighted by Gasteiger charge is -2.09. The highest BCUT2D eigenvalue weighted by Gasteiger charge is 2.31. The van der Waals surface area contributed by atoms with Gasteiger partial charge in [0, 0.05) is 16.5 Å². The van der Waals surface area contributed by atoms with E-state index in [-0.39, 0.29) is 0 Å². The van der Waals surface area contributed by atoms with Crippen molar-refractivity contribution in [1.29, 1.82) is 0 Å². The minimum Gasteiger partial charge on any atom is -0.455 e. The zero-order valence-corrected chi connectivity index (χ0v) is 14.6. The second-order valence-electron chi connectivity index (χ2n) is 6.45. The van der Waals surface area contributed by atoms with Gasteiger partial charge in [0.2, 0.25) is 0 Å². The molecule has 0 aliphatic carbocycles. The molecule has 0 amide bonds. The number of rotatable bonds is 2. The molecule has 0 spiro atoms. The minimum atomic E-state index is -4.47. The van der Waals surface area contributed by atoms with Crippen LogP contribution in [0, 0.1) is 0 Å². The van der Waals surface area contributed by atoms with Gasteiger partial charge in [0.1, 0.15) is 11.3 Å². The number of halogens is 6. The van der Waals surface area contributed by atoms with Gasteiger partial charge < -0.3 is 4.42 Å². The summed E-state index contributed by atoms with van der Waals surface area (Å²) < 4.78 is 83.1. The molecule has 0 bridgehead atoms. The summed E-state index contributed by atoms with van der Waals surface area (Å²) in [5.41, 5.74) is 0.284. The van der Waals surface area contributed by atoms with Crippen LogP contribution in [0.5, 0.6) is 0 Å². The van der Waals surface area contributed by atoms with Crippen LogP contribution in [0.4, 0.5) is 26.3 Å². The molecule has 1 nitrogen and oxygen atoms in total. The number of benzene rings is 3. The van der Waals surface area contributed by atoms with Gasteiger partial charge in [-0.2, -0.15) is 26.3 Å². The van der Waals surface area contributed by atoms with Gasteiger partial charge in [-0.05, 0) is 35.9 Å². The fourth-order valence-electron chi connectivity index (χ4n) is 3.17. The van der Waals surface area contributed by atoms with E-state index < -0.39 is 23.5 Å². The summed E-state index contributed by atoms with van der Waals surface area (Å²) in [6.45, 7) is 0. The first-order valence-electron chi connectivity index (χ1n) is 8.51. The first-order chi connectivity index (χ1) is 13.6. The van der Waals surface area contributed by atoms with Gasteiger partial charge in [-0.25, -0.2) is 0 Å².